The largest absolute Gasteiger partial charge is 0.377 e. The van der Waals surface area contributed by atoms with Gasteiger partial charge >= 0.3 is 0 Å². The third-order valence-corrected chi connectivity index (χ3v) is 2.83. The van der Waals surface area contributed by atoms with Gasteiger partial charge in [-0.25, -0.2) is 0 Å². The molecule has 0 aliphatic carbocycles. The van der Waals surface area contributed by atoms with Gasteiger partial charge in [0.25, 0.3) is 0 Å². The van der Waals surface area contributed by atoms with Crippen molar-refractivity contribution in [3.63, 3.8) is 0 Å². The molecule has 84 valence electrons. The van der Waals surface area contributed by atoms with E-state index in [-0.39, 0.29) is 0 Å². The molecule has 1 aliphatic heterocycles. The number of likely N-dealkylation sites (tertiary alicyclic amines) is 1. The lowest BCUT2D eigenvalue weighted by atomic mass is 10.2. The Morgan fingerprint density at radius 3 is 2.62 bits per heavy atom. The van der Waals surface area contributed by atoms with Gasteiger partial charge in [-0.1, -0.05) is 17.7 Å². The van der Waals surface area contributed by atoms with Crippen molar-refractivity contribution in [3.8, 4) is 0 Å². The van der Waals surface area contributed by atoms with Crippen LogP contribution in [0.25, 0.3) is 0 Å². The van der Waals surface area contributed by atoms with E-state index in [0.29, 0.717) is 0 Å². The molecule has 1 saturated heterocycles. The lowest BCUT2D eigenvalue weighted by Crippen LogP contribution is -2.09. The summed E-state index contributed by atoms with van der Waals surface area (Å²) in [5.41, 5.74) is 3.42. The van der Waals surface area contributed by atoms with Crippen LogP contribution in [0.1, 0.15) is 18.4 Å². The summed E-state index contributed by atoms with van der Waals surface area (Å²) < 4.78 is 0. The predicted octanol–water partition coefficient (Wildman–Crippen LogP) is 3.65. The smallest absolute Gasteiger partial charge is 0.0857 e. The van der Waals surface area contributed by atoms with E-state index in [1.165, 1.54) is 17.7 Å². The Labute approximate surface area is 96.5 Å². The van der Waals surface area contributed by atoms with Crippen LogP contribution in [0.15, 0.2) is 46.4 Å². The maximum absolute atomic E-state index is 4.17. The summed E-state index contributed by atoms with van der Waals surface area (Å²) >= 11 is 0. The number of aryl methyl sites for hydroxylation is 1. The Morgan fingerprint density at radius 1 is 1.25 bits per heavy atom. The van der Waals surface area contributed by atoms with Crippen molar-refractivity contribution in [2.24, 2.45) is 10.2 Å². The van der Waals surface area contributed by atoms with E-state index in [0.717, 1.165) is 18.7 Å². The van der Waals surface area contributed by atoms with E-state index in [9.17, 15) is 0 Å². The molecule has 0 unspecified atom stereocenters. The normalized spacial score (nSPS) is 18.9. The molecule has 1 heterocycles. The standard InChI is InChI=1S/C13H17N3/c1-11-5-7-12(8-6-11)15-14-10-13-4-3-9-16(13)2/h5-8,10H,3-4,9H2,1-2H3/b13-10-,15-14?. The molecule has 0 aromatic heterocycles. The van der Waals surface area contributed by atoms with Crippen LogP contribution in [0, 0.1) is 6.92 Å². The summed E-state index contributed by atoms with van der Waals surface area (Å²) in [6.45, 7) is 3.20. The lowest BCUT2D eigenvalue weighted by molar-refractivity contribution is 0.479. The molecule has 2 rings (SSSR count). The van der Waals surface area contributed by atoms with Gasteiger partial charge in [-0.05, 0) is 31.9 Å². The zero-order valence-electron chi connectivity index (χ0n) is 9.85. The first kappa shape index (κ1) is 10.9. The van der Waals surface area contributed by atoms with Gasteiger partial charge in [0.15, 0.2) is 0 Å². The highest BCUT2D eigenvalue weighted by Crippen LogP contribution is 2.19. The third kappa shape index (κ3) is 2.69. The van der Waals surface area contributed by atoms with Crippen molar-refractivity contribution < 1.29 is 0 Å². The average molecular weight is 215 g/mol. The number of rotatable bonds is 2. The maximum Gasteiger partial charge on any atom is 0.0857 e. The summed E-state index contributed by atoms with van der Waals surface area (Å²) in [5.74, 6) is 0. The van der Waals surface area contributed by atoms with Crippen LogP contribution in [0.3, 0.4) is 0 Å². The van der Waals surface area contributed by atoms with Crippen LogP contribution in [0.5, 0.6) is 0 Å². The molecule has 0 radical (unpaired) electrons. The van der Waals surface area contributed by atoms with E-state index >= 15 is 0 Å². The van der Waals surface area contributed by atoms with Gasteiger partial charge in [-0.15, -0.1) is 0 Å². The Morgan fingerprint density at radius 2 is 2.00 bits per heavy atom. The van der Waals surface area contributed by atoms with Crippen LogP contribution >= 0.6 is 0 Å². The van der Waals surface area contributed by atoms with Gasteiger partial charge in [-0.2, -0.15) is 10.2 Å². The summed E-state index contributed by atoms with van der Waals surface area (Å²) in [6, 6.07) is 8.05. The van der Waals surface area contributed by atoms with Crippen molar-refractivity contribution in [2.45, 2.75) is 19.8 Å². The van der Waals surface area contributed by atoms with Crippen LogP contribution in [0.4, 0.5) is 5.69 Å². The molecule has 3 heteroatoms. The molecule has 1 aromatic carbocycles. The molecule has 0 spiro atoms. The second kappa shape index (κ2) is 4.92. The summed E-state index contributed by atoms with van der Waals surface area (Å²) in [6.07, 6.45) is 4.21. The monoisotopic (exact) mass is 215 g/mol. The molecule has 3 nitrogen and oxygen atoms in total. The average Bonchev–Trinajstić information content (AvgIpc) is 2.68. The number of hydrogen-bond donors (Lipinski definition) is 0. The molecule has 0 atom stereocenters. The molecule has 0 bridgehead atoms. The molecule has 1 fully saturated rings. The second-order valence-electron chi connectivity index (χ2n) is 4.20. The Bertz CT molecular complexity index is 404. The molecule has 1 aliphatic rings. The molecular formula is C13H17N3. The minimum absolute atomic E-state index is 0.906. The Kier molecular flexibility index (Phi) is 3.34. The van der Waals surface area contributed by atoms with Gasteiger partial charge in [-0.3, -0.25) is 0 Å². The molecule has 1 aromatic rings. The lowest BCUT2D eigenvalue weighted by Gasteiger charge is -2.10. The van der Waals surface area contributed by atoms with E-state index in [1.54, 1.807) is 0 Å². The van der Waals surface area contributed by atoms with Gasteiger partial charge < -0.3 is 4.90 Å². The van der Waals surface area contributed by atoms with Crippen molar-refractivity contribution >= 4 is 5.69 Å². The first-order valence-corrected chi connectivity index (χ1v) is 5.63. The van der Waals surface area contributed by atoms with Crippen LogP contribution < -0.4 is 0 Å². The van der Waals surface area contributed by atoms with E-state index in [4.69, 9.17) is 0 Å². The van der Waals surface area contributed by atoms with Crippen molar-refractivity contribution in [1.82, 2.24) is 4.90 Å². The van der Waals surface area contributed by atoms with Gasteiger partial charge in [0.1, 0.15) is 0 Å². The highest BCUT2D eigenvalue weighted by Gasteiger charge is 2.11. The first-order valence-electron chi connectivity index (χ1n) is 5.63. The van der Waals surface area contributed by atoms with Crippen molar-refractivity contribution in [1.29, 1.82) is 0 Å². The molecule has 16 heavy (non-hydrogen) atoms. The van der Waals surface area contributed by atoms with E-state index in [1.807, 2.05) is 30.5 Å². The second-order valence-corrected chi connectivity index (χ2v) is 4.20. The molecule has 0 N–H and O–H groups in total. The number of azo groups is 1. The number of benzene rings is 1. The van der Waals surface area contributed by atoms with Gasteiger partial charge in [0, 0.05) is 19.3 Å². The number of nitrogens with zero attached hydrogens (tertiary/aromatic N) is 3. The molecular weight excluding hydrogens is 198 g/mol. The van der Waals surface area contributed by atoms with Crippen LogP contribution in [-0.4, -0.2) is 18.5 Å². The summed E-state index contributed by atoms with van der Waals surface area (Å²) in [5, 5.41) is 8.29. The highest BCUT2D eigenvalue weighted by atomic mass is 15.2. The maximum atomic E-state index is 4.17. The highest BCUT2D eigenvalue weighted by molar-refractivity contribution is 5.37. The minimum Gasteiger partial charge on any atom is -0.377 e. The fourth-order valence-corrected chi connectivity index (χ4v) is 1.77. The SMILES string of the molecule is Cc1ccc(N=N/C=C2/CCCN2C)cc1. The molecule has 0 amide bonds. The zero-order valence-corrected chi connectivity index (χ0v) is 9.85. The predicted molar refractivity (Wildman–Crippen MR) is 65.6 cm³/mol. The quantitative estimate of drug-likeness (QED) is 0.692. The van der Waals surface area contributed by atoms with Crippen molar-refractivity contribution in [2.75, 3.05) is 13.6 Å². The Hall–Kier alpha value is -1.64. The van der Waals surface area contributed by atoms with Crippen molar-refractivity contribution in [3.05, 3.63) is 41.7 Å². The van der Waals surface area contributed by atoms with Crippen LogP contribution in [0.2, 0.25) is 0 Å². The summed E-state index contributed by atoms with van der Waals surface area (Å²) in [7, 11) is 2.10. The fraction of sp³-hybridized carbons (Fsp3) is 0.385. The van der Waals surface area contributed by atoms with Crippen LogP contribution in [-0.2, 0) is 0 Å². The zero-order chi connectivity index (χ0) is 11.4. The van der Waals surface area contributed by atoms with Gasteiger partial charge in [0.2, 0.25) is 0 Å². The van der Waals surface area contributed by atoms with E-state index in [2.05, 4.69) is 29.1 Å². The topological polar surface area (TPSA) is 28.0 Å². The van der Waals surface area contributed by atoms with Gasteiger partial charge in [0.05, 0.1) is 11.9 Å². The number of hydrogen-bond acceptors (Lipinski definition) is 3. The number of allylic oxidation sites excluding steroid dienone is 1. The molecule has 0 saturated carbocycles. The minimum atomic E-state index is 0.906. The third-order valence-electron chi connectivity index (χ3n) is 2.83. The first-order chi connectivity index (χ1) is 7.75. The summed E-state index contributed by atoms with van der Waals surface area (Å²) in [4.78, 5) is 2.23. The Balaban J connectivity index is 2.01. The fourth-order valence-electron chi connectivity index (χ4n) is 1.77. The van der Waals surface area contributed by atoms with E-state index < -0.39 is 0 Å².